The van der Waals surface area contributed by atoms with Crippen LogP contribution in [0.2, 0.25) is 0 Å². The fourth-order valence-electron chi connectivity index (χ4n) is 0.726. The maximum absolute atomic E-state index is 10.6. The molecule has 1 rings (SSSR count). The number of nitrogens with one attached hydrogen (secondary N) is 1. The second-order valence-electron chi connectivity index (χ2n) is 2.14. The van der Waals surface area contributed by atoms with Crippen LogP contribution in [0.4, 0.5) is 4.79 Å². The summed E-state index contributed by atoms with van der Waals surface area (Å²) in [5.41, 5.74) is 1.77. The summed E-state index contributed by atoms with van der Waals surface area (Å²) in [5.74, 6) is 0. The predicted octanol–water partition coefficient (Wildman–Crippen LogP) is 1.04. The molecule has 1 aromatic heterocycles. The van der Waals surface area contributed by atoms with Crippen molar-refractivity contribution < 1.29 is 9.53 Å². The zero-order valence-electron chi connectivity index (χ0n) is 6.74. The first-order chi connectivity index (χ1) is 5.83. The van der Waals surface area contributed by atoms with Gasteiger partial charge in [0, 0.05) is 24.0 Å². The first-order valence-corrected chi connectivity index (χ1v) is 4.40. The molecule has 0 aliphatic heterocycles. The van der Waals surface area contributed by atoms with Gasteiger partial charge in [-0.1, -0.05) is 0 Å². The van der Waals surface area contributed by atoms with Crippen molar-refractivity contribution in [3.8, 4) is 0 Å². The van der Waals surface area contributed by atoms with Crippen LogP contribution in [0.1, 0.15) is 4.88 Å². The molecule has 0 fully saturated rings. The van der Waals surface area contributed by atoms with Crippen LogP contribution in [0.15, 0.2) is 11.7 Å². The second kappa shape index (κ2) is 4.71. The van der Waals surface area contributed by atoms with E-state index in [4.69, 9.17) is 0 Å². The van der Waals surface area contributed by atoms with E-state index in [2.05, 4.69) is 15.0 Å². The molecule has 0 aliphatic rings. The Hall–Kier alpha value is -1.10. The Balaban J connectivity index is 2.15. The highest BCUT2D eigenvalue weighted by atomic mass is 32.1. The first kappa shape index (κ1) is 8.99. The molecule has 12 heavy (non-hydrogen) atoms. The molecule has 66 valence electrons. The van der Waals surface area contributed by atoms with Crippen molar-refractivity contribution in [2.24, 2.45) is 0 Å². The van der Waals surface area contributed by atoms with Gasteiger partial charge in [-0.3, -0.25) is 4.98 Å². The van der Waals surface area contributed by atoms with Gasteiger partial charge in [0.15, 0.2) is 0 Å². The van der Waals surface area contributed by atoms with Gasteiger partial charge in [0.05, 0.1) is 12.6 Å². The average molecular weight is 186 g/mol. The topological polar surface area (TPSA) is 51.2 Å². The Kier molecular flexibility index (Phi) is 3.53. The van der Waals surface area contributed by atoms with E-state index in [1.807, 2.05) is 0 Å². The van der Waals surface area contributed by atoms with Gasteiger partial charge in [-0.2, -0.15) is 0 Å². The number of aromatic nitrogens is 1. The number of alkyl carbamates (subject to hydrolysis) is 1. The third-order valence-electron chi connectivity index (χ3n) is 1.31. The van der Waals surface area contributed by atoms with Crippen LogP contribution < -0.4 is 5.32 Å². The Morgan fingerprint density at radius 1 is 1.83 bits per heavy atom. The number of methoxy groups -OCH3 is 1. The molecule has 1 amide bonds. The van der Waals surface area contributed by atoms with Crippen LogP contribution in [0.5, 0.6) is 0 Å². The summed E-state index contributed by atoms with van der Waals surface area (Å²) >= 11 is 1.58. The number of nitrogens with zero attached hydrogens (tertiary/aromatic N) is 1. The molecule has 0 saturated carbocycles. The standard InChI is InChI=1S/C7H10N2O2S/c1-11-7(10)9-3-2-6-4-8-5-12-6/h4-5H,2-3H2,1H3,(H,9,10). The summed E-state index contributed by atoms with van der Waals surface area (Å²) in [5, 5.41) is 2.59. The van der Waals surface area contributed by atoms with E-state index in [1.54, 1.807) is 23.0 Å². The number of ether oxygens (including phenoxy) is 1. The number of carbonyl (C=O) groups excluding carboxylic acids is 1. The number of amides is 1. The van der Waals surface area contributed by atoms with Crippen molar-refractivity contribution in [3.63, 3.8) is 0 Å². The second-order valence-corrected chi connectivity index (χ2v) is 3.11. The lowest BCUT2D eigenvalue weighted by Gasteiger charge is -2.00. The van der Waals surface area contributed by atoms with E-state index >= 15 is 0 Å². The number of hydrogen-bond donors (Lipinski definition) is 1. The van der Waals surface area contributed by atoms with E-state index in [0.29, 0.717) is 6.54 Å². The van der Waals surface area contributed by atoms with Gasteiger partial charge in [-0.05, 0) is 0 Å². The lowest BCUT2D eigenvalue weighted by Crippen LogP contribution is -2.24. The fraction of sp³-hybridized carbons (Fsp3) is 0.429. The zero-order valence-corrected chi connectivity index (χ0v) is 7.56. The number of hydrogen-bond acceptors (Lipinski definition) is 4. The zero-order chi connectivity index (χ0) is 8.81. The quantitative estimate of drug-likeness (QED) is 0.767. The van der Waals surface area contributed by atoms with Crippen molar-refractivity contribution in [1.29, 1.82) is 0 Å². The van der Waals surface area contributed by atoms with E-state index in [0.717, 1.165) is 11.3 Å². The van der Waals surface area contributed by atoms with Crippen molar-refractivity contribution in [2.45, 2.75) is 6.42 Å². The summed E-state index contributed by atoms with van der Waals surface area (Å²) in [4.78, 5) is 15.7. The number of thiazole rings is 1. The molecule has 4 nitrogen and oxygen atoms in total. The lowest BCUT2D eigenvalue weighted by molar-refractivity contribution is 0.171. The van der Waals surface area contributed by atoms with E-state index in [1.165, 1.54) is 7.11 Å². The monoisotopic (exact) mass is 186 g/mol. The predicted molar refractivity (Wildman–Crippen MR) is 46.2 cm³/mol. The molecule has 1 N–H and O–H groups in total. The van der Waals surface area contributed by atoms with Crippen LogP contribution in [0, 0.1) is 0 Å². The van der Waals surface area contributed by atoms with E-state index in [-0.39, 0.29) is 6.09 Å². The molecule has 0 saturated heterocycles. The molecule has 5 heteroatoms. The van der Waals surface area contributed by atoms with Crippen molar-refractivity contribution in [2.75, 3.05) is 13.7 Å². The molecular weight excluding hydrogens is 176 g/mol. The SMILES string of the molecule is COC(=O)NCCc1cncs1. The summed E-state index contributed by atoms with van der Waals surface area (Å²) in [6, 6.07) is 0. The smallest absolute Gasteiger partial charge is 0.406 e. The van der Waals surface area contributed by atoms with Gasteiger partial charge in [0.1, 0.15) is 0 Å². The Morgan fingerprint density at radius 3 is 3.25 bits per heavy atom. The largest absolute Gasteiger partial charge is 0.453 e. The Bertz CT molecular complexity index is 236. The number of rotatable bonds is 3. The molecular formula is C7H10N2O2S. The molecule has 0 atom stereocenters. The third kappa shape index (κ3) is 2.87. The molecule has 0 spiro atoms. The molecule has 0 radical (unpaired) electrons. The molecule has 0 unspecified atom stereocenters. The van der Waals surface area contributed by atoms with Gasteiger partial charge in [-0.25, -0.2) is 4.79 Å². The minimum absolute atomic E-state index is 0.389. The summed E-state index contributed by atoms with van der Waals surface area (Å²) in [7, 11) is 1.35. The van der Waals surface area contributed by atoms with Gasteiger partial charge in [0.25, 0.3) is 0 Å². The first-order valence-electron chi connectivity index (χ1n) is 3.52. The van der Waals surface area contributed by atoms with Crippen LogP contribution in [0.25, 0.3) is 0 Å². The van der Waals surface area contributed by atoms with Crippen LogP contribution in [-0.2, 0) is 11.2 Å². The highest BCUT2D eigenvalue weighted by Crippen LogP contribution is 2.04. The molecule has 0 aromatic carbocycles. The molecule has 0 bridgehead atoms. The Morgan fingerprint density at radius 2 is 2.67 bits per heavy atom. The summed E-state index contributed by atoms with van der Waals surface area (Å²) in [6.07, 6.45) is 2.21. The maximum Gasteiger partial charge on any atom is 0.406 e. The molecule has 1 heterocycles. The highest BCUT2D eigenvalue weighted by molar-refractivity contribution is 7.09. The van der Waals surface area contributed by atoms with Crippen molar-refractivity contribution in [3.05, 3.63) is 16.6 Å². The maximum atomic E-state index is 10.6. The van der Waals surface area contributed by atoms with Gasteiger partial charge in [0.2, 0.25) is 0 Å². The van der Waals surface area contributed by atoms with Gasteiger partial charge in [-0.15, -0.1) is 11.3 Å². The van der Waals surface area contributed by atoms with E-state index < -0.39 is 0 Å². The van der Waals surface area contributed by atoms with Gasteiger partial charge < -0.3 is 10.1 Å². The van der Waals surface area contributed by atoms with Crippen molar-refractivity contribution >= 4 is 17.4 Å². The number of carbonyl (C=O) groups is 1. The van der Waals surface area contributed by atoms with Crippen LogP contribution in [-0.4, -0.2) is 24.7 Å². The summed E-state index contributed by atoms with van der Waals surface area (Å²) in [6.45, 7) is 0.592. The van der Waals surface area contributed by atoms with Crippen LogP contribution >= 0.6 is 11.3 Å². The molecule has 0 aliphatic carbocycles. The summed E-state index contributed by atoms with van der Waals surface area (Å²) < 4.78 is 4.41. The lowest BCUT2D eigenvalue weighted by atomic mass is 10.4. The van der Waals surface area contributed by atoms with Crippen molar-refractivity contribution in [1.82, 2.24) is 10.3 Å². The van der Waals surface area contributed by atoms with Crippen LogP contribution in [0.3, 0.4) is 0 Å². The minimum atomic E-state index is -0.389. The fourth-order valence-corrected chi connectivity index (χ4v) is 1.32. The normalized spacial score (nSPS) is 9.42. The Labute approximate surface area is 74.6 Å². The van der Waals surface area contributed by atoms with E-state index in [9.17, 15) is 4.79 Å². The minimum Gasteiger partial charge on any atom is -0.453 e. The van der Waals surface area contributed by atoms with Gasteiger partial charge >= 0.3 is 6.09 Å². The highest BCUT2D eigenvalue weighted by Gasteiger charge is 1.98. The third-order valence-corrected chi connectivity index (χ3v) is 2.15. The molecule has 1 aromatic rings. The average Bonchev–Trinajstić information content (AvgIpc) is 2.57.